The van der Waals surface area contributed by atoms with E-state index in [1.807, 2.05) is 0 Å². The van der Waals surface area contributed by atoms with Gasteiger partial charge in [0.1, 0.15) is 0 Å². The van der Waals surface area contributed by atoms with Crippen molar-refractivity contribution in [3.63, 3.8) is 0 Å². The molecule has 0 radical (unpaired) electrons. The normalized spacial score (nSPS) is 12.8. The second-order valence-electron chi connectivity index (χ2n) is 9.52. The number of unbranched alkanes of at least 4 members (excludes halogenated alkanes) is 14. The molecule has 0 saturated heterocycles. The Morgan fingerprint density at radius 3 is 1.55 bits per heavy atom. The lowest BCUT2D eigenvalue weighted by Gasteiger charge is -2.10. The molecule has 0 saturated carbocycles. The van der Waals surface area contributed by atoms with Crippen molar-refractivity contribution in [3.05, 3.63) is 24.3 Å². The van der Waals surface area contributed by atoms with Crippen molar-refractivity contribution in [2.24, 2.45) is 5.92 Å². The number of allylic oxidation sites excluding steroid dienone is 4. The van der Waals surface area contributed by atoms with Gasteiger partial charge in [-0.2, -0.15) is 0 Å². The van der Waals surface area contributed by atoms with E-state index in [4.69, 9.17) is 5.11 Å². The summed E-state index contributed by atoms with van der Waals surface area (Å²) < 4.78 is 0. The number of carbonyl (C=O) groups is 1. The molecule has 0 aromatic carbocycles. The van der Waals surface area contributed by atoms with Gasteiger partial charge in [0, 0.05) is 6.42 Å². The van der Waals surface area contributed by atoms with Crippen LogP contribution >= 0.6 is 0 Å². The number of rotatable bonds is 24. The summed E-state index contributed by atoms with van der Waals surface area (Å²) in [4.78, 5) is 10.4. The van der Waals surface area contributed by atoms with Crippen LogP contribution in [0.3, 0.4) is 0 Å². The van der Waals surface area contributed by atoms with Gasteiger partial charge in [-0.3, -0.25) is 4.79 Å². The molecule has 0 aliphatic rings. The summed E-state index contributed by atoms with van der Waals surface area (Å²) in [6, 6.07) is 0. The Kier molecular flexibility index (Phi) is 24.4. The van der Waals surface area contributed by atoms with E-state index >= 15 is 0 Å². The van der Waals surface area contributed by atoms with Crippen molar-refractivity contribution in [1.29, 1.82) is 0 Å². The zero-order valence-corrected chi connectivity index (χ0v) is 21.1. The fraction of sp³-hybridized carbons (Fsp3) is 0.828. The summed E-state index contributed by atoms with van der Waals surface area (Å²) in [5, 5.41) is 8.57. The second-order valence-corrected chi connectivity index (χ2v) is 9.52. The van der Waals surface area contributed by atoms with Gasteiger partial charge in [0.05, 0.1) is 0 Å². The van der Waals surface area contributed by atoms with Gasteiger partial charge in [0.25, 0.3) is 0 Å². The maximum atomic E-state index is 10.4. The predicted octanol–water partition coefficient (Wildman–Crippen LogP) is 10.0. The van der Waals surface area contributed by atoms with Gasteiger partial charge < -0.3 is 5.11 Å². The van der Waals surface area contributed by atoms with E-state index in [-0.39, 0.29) is 6.42 Å². The first-order chi connectivity index (χ1) is 15.2. The van der Waals surface area contributed by atoms with E-state index in [0.29, 0.717) is 0 Å². The van der Waals surface area contributed by atoms with Crippen molar-refractivity contribution < 1.29 is 9.90 Å². The third-order valence-corrected chi connectivity index (χ3v) is 6.21. The highest BCUT2D eigenvalue weighted by atomic mass is 16.4. The van der Waals surface area contributed by atoms with Crippen LogP contribution in [-0.4, -0.2) is 11.1 Å². The van der Waals surface area contributed by atoms with Crippen LogP contribution in [0.5, 0.6) is 0 Å². The van der Waals surface area contributed by atoms with Crippen LogP contribution in [-0.2, 0) is 4.79 Å². The molecule has 182 valence electrons. The van der Waals surface area contributed by atoms with Crippen molar-refractivity contribution in [1.82, 2.24) is 0 Å². The first-order valence-corrected chi connectivity index (χ1v) is 13.7. The monoisotopic (exact) mass is 434 g/mol. The quantitative estimate of drug-likeness (QED) is 0.121. The van der Waals surface area contributed by atoms with Gasteiger partial charge >= 0.3 is 5.97 Å². The molecular formula is C29H54O2. The first kappa shape index (κ1) is 29.9. The van der Waals surface area contributed by atoms with Gasteiger partial charge in [-0.25, -0.2) is 0 Å². The molecule has 0 aliphatic heterocycles. The Bertz CT molecular complexity index is 424. The molecule has 0 spiro atoms. The van der Waals surface area contributed by atoms with Crippen molar-refractivity contribution in [2.75, 3.05) is 0 Å². The molecule has 0 aromatic heterocycles. The maximum Gasteiger partial charge on any atom is 0.303 e. The van der Waals surface area contributed by atoms with Crippen molar-refractivity contribution >= 4 is 5.97 Å². The van der Waals surface area contributed by atoms with Gasteiger partial charge in [-0.1, -0.05) is 128 Å². The Morgan fingerprint density at radius 1 is 0.613 bits per heavy atom. The SMILES string of the molecule is CCCCCC[C@@H](C)CCCCCCCCCCC/C=C\CC/C=C\CCCC(=O)O. The zero-order valence-electron chi connectivity index (χ0n) is 21.1. The van der Waals surface area contributed by atoms with E-state index in [2.05, 4.69) is 38.2 Å². The summed E-state index contributed by atoms with van der Waals surface area (Å²) in [6.07, 6.45) is 35.5. The average molecular weight is 435 g/mol. The number of hydrogen-bond donors (Lipinski definition) is 1. The molecule has 31 heavy (non-hydrogen) atoms. The number of aliphatic carboxylic acids is 1. The lowest BCUT2D eigenvalue weighted by molar-refractivity contribution is -0.137. The lowest BCUT2D eigenvalue weighted by Crippen LogP contribution is -1.95. The van der Waals surface area contributed by atoms with Crippen LogP contribution in [0.4, 0.5) is 0 Å². The van der Waals surface area contributed by atoms with Crippen LogP contribution in [0.2, 0.25) is 0 Å². The zero-order chi connectivity index (χ0) is 22.8. The Balaban J connectivity index is 3.21. The van der Waals surface area contributed by atoms with Gasteiger partial charge in [0.15, 0.2) is 0 Å². The fourth-order valence-corrected chi connectivity index (χ4v) is 4.09. The molecule has 0 rings (SSSR count). The topological polar surface area (TPSA) is 37.3 Å². The molecule has 2 nitrogen and oxygen atoms in total. The highest BCUT2D eigenvalue weighted by Crippen LogP contribution is 2.18. The van der Waals surface area contributed by atoms with E-state index in [1.54, 1.807) is 0 Å². The van der Waals surface area contributed by atoms with Gasteiger partial charge in [-0.05, 0) is 44.4 Å². The molecule has 0 heterocycles. The Hall–Kier alpha value is -1.05. The van der Waals surface area contributed by atoms with Crippen LogP contribution in [0.15, 0.2) is 24.3 Å². The molecule has 0 bridgehead atoms. The fourth-order valence-electron chi connectivity index (χ4n) is 4.09. The number of carboxylic acid groups (broad SMARTS) is 1. The van der Waals surface area contributed by atoms with Crippen molar-refractivity contribution in [3.8, 4) is 0 Å². The number of hydrogen-bond acceptors (Lipinski definition) is 1. The first-order valence-electron chi connectivity index (χ1n) is 13.7. The Morgan fingerprint density at radius 2 is 1.03 bits per heavy atom. The molecule has 1 atom stereocenters. The van der Waals surface area contributed by atoms with Gasteiger partial charge in [0.2, 0.25) is 0 Å². The van der Waals surface area contributed by atoms with E-state index < -0.39 is 5.97 Å². The van der Waals surface area contributed by atoms with Gasteiger partial charge in [-0.15, -0.1) is 0 Å². The lowest BCUT2D eigenvalue weighted by atomic mass is 9.96. The highest BCUT2D eigenvalue weighted by Gasteiger charge is 2.01. The second kappa shape index (κ2) is 25.2. The third kappa shape index (κ3) is 26.9. The molecular weight excluding hydrogens is 380 g/mol. The minimum absolute atomic E-state index is 0.281. The average Bonchev–Trinajstić information content (AvgIpc) is 2.75. The summed E-state index contributed by atoms with van der Waals surface area (Å²) in [5.41, 5.74) is 0. The smallest absolute Gasteiger partial charge is 0.303 e. The number of carboxylic acids is 1. The predicted molar refractivity (Wildman–Crippen MR) is 138 cm³/mol. The van der Waals surface area contributed by atoms with E-state index in [9.17, 15) is 4.79 Å². The van der Waals surface area contributed by atoms with E-state index in [1.165, 1.54) is 103 Å². The third-order valence-electron chi connectivity index (χ3n) is 6.21. The Labute approximate surface area is 195 Å². The molecule has 1 N–H and O–H groups in total. The molecule has 0 aromatic rings. The molecule has 2 heteroatoms. The largest absolute Gasteiger partial charge is 0.481 e. The summed E-state index contributed by atoms with van der Waals surface area (Å²) in [5.74, 6) is 0.248. The molecule has 0 unspecified atom stereocenters. The minimum atomic E-state index is -0.694. The minimum Gasteiger partial charge on any atom is -0.481 e. The molecule has 0 amide bonds. The summed E-state index contributed by atoms with van der Waals surface area (Å²) in [6.45, 7) is 4.74. The van der Waals surface area contributed by atoms with Crippen LogP contribution in [0, 0.1) is 5.92 Å². The molecule has 0 fully saturated rings. The van der Waals surface area contributed by atoms with Crippen molar-refractivity contribution in [2.45, 2.75) is 149 Å². The molecule has 0 aliphatic carbocycles. The summed E-state index contributed by atoms with van der Waals surface area (Å²) >= 11 is 0. The summed E-state index contributed by atoms with van der Waals surface area (Å²) in [7, 11) is 0. The van der Waals surface area contributed by atoms with Crippen LogP contribution in [0.1, 0.15) is 149 Å². The standard InChI is InChI=1S/C29H54O2/c1-3-4-5-22-25-28(2)26-23-20-18-16-14-12-10-8-6-7-9-11-13-15-17-19-21-24-27-29(30)31/h9,11,17,19,28H,3-8,10,12-16,18,20-27H2,1-2H3,(H,30,31)/b11-9-,19-17-/t28-/m1/s1. The maximum absolute atomic E-state index is 10.4. The van der Waals surface area contributed by atoms with Crippen LogP contribution < -0.4 is 0 Å². The van der Waals surface area contributed by atoms with E-state index in [0.717, 1.165) is 31.6 Å². The van der Waals surface area contributed by atoms with Crippen LogP contribution in [0.25, 0.3) is 0 Å². The highest BCUT2D eigenvalue weighted by molar-refractivity contribution is 5.66.